The quantitative estimate of drug-likeness (QED) is 0.0890. The highest BCUT2D eigenvalue weighted by Gasteiger charge is 2.26. The Bertz CT molecular complexity index is 980. The first-order valence-corrected chi connectivity index (χ1v) is 15.3. The van der Waals surface area contributed by atoms with Crippen LogP contribution in [0.1, 0.15) is 157 Å². The van der Waals surface area contributed by atoms with E-state index in [-0.39, 0.29) is 24.6 Å². The molecule has 216 valence electrons. The van der Waals surface area contributed by atoms with Crippen LogP contribution in [0.5, 0.6) is 0 Å². The molecule has 0 saturated heterocycles. The number of ether oxygens (including phenoxy) is 1. The van der Waals surface area contributed by atoms with Crippen molar-refractivity contribution in [2.75, 3.05) is 6.61 Å². The highest BCUT2D eigenvalue weighted by Crippen LogP contribution is 2.40. The van der Waals surface area contributed by atoms with Gasteiger partial charge in [-0.05, 0) is 63.4 Å². The van der Waals surface area contributed by atoms with Gasteiger partial charge in [-0.1, -0.05) is 145 Å². The molecule has 0 aliphatic heterocycles. The van der Waals surface area contributed by atoms with Gasteiger partial charge in [0.1, 0.15) is 6.61 Å². The number of carbonyl (C=O) groups excluding carboxylic acids is 1. The molecule has 0 aromatic rings. The van der Waals surface area contributed by atoms with Crippen molar-refractivity contribution >= 4 is 5.97 Å². The zero-order chi connectivity index (χ0) is 32.4. The molecule has 38 heavy (non-hydrogen) atoms. The number of hydrogen-bond donors (Lipinski definition) is 0. The molecule has 2 nitrogen and oxygen atoms in total. The summed E-state index contributed by atoms with van der Waals surface area (Å²) < 4.78 is 45.9. The second kappa shape index (κ2) is 21.0. The van der Waals surface area contributed by atoms with Gasteiger partial charge in [0.2, 0.25) is 0 Å². The molecular weight excluding hydrogens is 464 g/mol. The zero-order valence-electron chi connectivity index (χ0n) is 30.3. The third kappa shape index (κ3) is 16.9. The van der Waals surface area contributed by atoms with E-state index in [2.05, 4.69) is 6.92 Å². The SMILES string of the molecule is [2H]C([2H])([2H])C1=C(/C=C/C(C)=C\C=C\C(C)=C\COC(=O)CCCCCCCCCCCCCCC)C(C)(C)CCC1([2H])[2H]. The highest BCUT2D eigenvalue weighted by atomic mass is 16.5. The molecule has 0 radical (unpaired) electrons. The number of hydrogen-bond acceptors (Lipinski definition) is 2. The van der Waals surface area contributed by atoms with E-state index in [0.717, 1.165) is 24.0 Å². The maximum atomic E-state index is 12.1. The van der Waals surface area contributed by atoms with Crippen LogP contribution in [-0.2, 0) is 9.53 Å². The van der Waals surface area contributed by atoms with Crippen LogP contribution in [0.4, 0.5) is 0 Å². The lowest BCUT2D eigenvalue weighted by Crippen LogP contribution is -2.19. The van der Waals surface area contributed by atoms with Crippen LogP contribution in [-0.4, -0.2) is 12.6 Å². The predicted molar refractivity (Wildman–Crippen MR) is 167 cm³/mol. The maximum Gasteiger partial charge on any atom is 0.306 e. The van der Waals surface area contributed by atoms with Crippen LogP contribution in [0, 0.1) is 5.41 Å². The molecule has 0 aromatic carbocycles. The van der Waals surface area contributed by atoms with Gasteiger partial charge in [0.05, 0.1) is 0 Å². The van der Waals surface area contributed by atoms with Crippen molar-refractivity contribution in [2.45, 2.75) is 151 Å². The summed E-state index contributed by atoms with van der Waals surface area (Å²) in [5.41, 5.74) is 1.99. The predicted octanol–water partition coefficient (Wildman–Crippen LogP) is 11.5. The summed E-state index contributed by atoms with van der Waals surface area (Å²) in [4.78, 5) is 12.1. The summed E-state index contributed by atoms with van der Waals surface area (Å²) >= 11 is 0. The van der Waals surface area contributed by atoms with Gasteiger partial charge >= 0.3 is 5.97 Å². The summed E-state index contributed by atoms with van der Waals surface area (Å²) in [5.74, 6) is -0.141. The zero-order valence-corrected chi connectivity index (χ0v) is 25.3. The van der Waals surface area contributed by atoms with Crippen LogP contribution in [0.3, 0.4) is 0 Å². The van der Waals surface area contributed by atoms with Gasteiger partial charge in [-0.2, -0.15) is 0 Å². The minimum absolute atomic E-state index is 0.0711. The molecule has 0 saturated carbocycles. The van der Waals surface area contributed by atoms with E-state index in [1.807, 2.05) is 58.1 Å². The van der Waals surface area contributed by atoms with E-state index in [9.17, 15) is 4.79 Å². The fourth-order valence-electron chi connectivity index (χ4n) is 4.69. The Labute approximate surface area is 243 Å². The second-order valence-corrected chi connectivity index (χ2v) is 11.6. The van der Waals surface area contributed by atoms with Crippen molar-refractivity contribution in [2.24, 2.45) is 5.41 Å². The lowest BCUT2D eigenvalue weighted by molar-refractivity contribution is -0.142. The molecule has 1 aliphatic rings. The van der Waals surface area contributed by atoms with E-state index < -0.39 is 18.6 Å². The summed E-state index contributed by atoms with van der Waals surface area (Å²) in [6.07, 6.45) is 27.4. The van der Waals surface area contributed by atoms with Crippen LogP contribution < -0.4 is 0 Å². The smallest absolute Gasteiger partial charge is 0.306 e. The molecule has 0 amide bonds. The van der Waals surface area contributed by atoms with Gasteiger partial charge in [0.25, 0.3) is 0 Å². The number of esters is 1. The van der Waals surface area contributed by atoms with Gasteiger partial charge in [-0.3, -0.25) is 4.79 Å². The number of rotatable bonds is 20. The Balaban J connectivity index is 2.37. The average Bonchev–Trinajstić information content (AvgIpc) is 2.91. The average molecular weight is 530 g/mol. The molecule has 0 fully saturated rings. The minimum Gasteiger partial charge on any atom is -0.461 e. The van der Waals surface area contributed by atoms with E-state index in [0.29, 0.717) is 18.4 Å². The van der Waals surface area contributed by atoms with E-state index in [1.165, 1.54) is 70.6 Å². The molecular formula is C36H60O2. The monoisotopic (exact) mass is 529 g/mol. The van der Waals surface area contributed by atoms with Crippen molar-refractivity contribution in [3.8, 4) is 0 Å². The van der Waals surface area contributed by atoms with Crippen molar-refractivity contribution < 1.29 is 16.4 Å². The van der Waals surface area contributed by atoms with Gasteiger partial charge in [-0.15, -0.1) is 0 Å². The van der Waals surface area contributed by atoms with Gasteiger partial charge in [-0.25, -0.2) is 0 Å². The largest absolute Gasteiger partial charge is 0.461 e. The Morgan fingerprint density at radius 1 is 0.921 bits per heavy atom. The van der Waals surface area contributed by atoms with Crippen molar-refractivity contribution in [1.82, 2.24) is 0 Å². The molecule has 0 heterocycles. The van der Waals surface area contributed by atoms with Gasteiger partial charge in [0, 0.05) is 13.3 Å². The van der Waals surface area contributed by atoms with Crippen LogP contribution >= 0.6 is 0 Å². The highest BCUT2D eigenvalue weighted by molar-refractivity contribution is 5.69. The lowest BCUT2D eigenvalue weighted by Gasteiger charge is -2.32. The van der Waals surface area contributed by atoms with Gasteiger partial charge in [0.15, 0.2) is 0 Å². The molecule has 2 heteroatoms. The summed E-state index contributed by atoms with van der Waals surface area (Å²) in [6.45, 7) is 7.89. The molecule has 0 aromatic heterocycles. The third-order valence-corrected chi connectivity index (χ3v) is 7.42. The first kappa shape index (κ1) is 26.4. The molecule has 0 unspecified atom stereocenters. The van der Waals surface area contributed by atoms with Crippen LogP contribution in [0.2, 0.25) is 0 Å². The first-order valence-electron chi connectivity index (χ1n) is 17.8. The molecule has 1 rings (SSSR count). The van der Waals surface area contributed by atoms with Gasteiger partial charge < -0.3 is 4.74 Å². The van der Waals surface area contributed by atoms with Crippen LogP contribution in [0.15, 0.2) is 58.7 Å². The summed E-state index contributed by atoms with van der Waals surface area (Å²) in [5, 5.41) is 0. The van der Waals surface area contributed by atoms with Crippen LogP contribution in [0.25, 0.3) is 0 Å². The normalized spacial score (nSPS) is 20.3. The van der Waals surface area contributed by atoms with E-state index >= 15 is 0 Å². The summed E-state index contributed by atoms with van der Waals surface area (Å²) in [7, 11) is 0. The number of allylic oxidation sites excluding steroid dienone is 9. The maximum absolute atomic E-state index is 12.1. The Morgan fingerprint density at radius 3 is 2.13 bits per heavy atom. The number of carbonyl (C=O) groups is 1. The van der Waals surface area contributed by atoms with Crippen molar-refractivity contribution in [3.05, 3.63) is 58.7 Å². The first-order chi connectivity index (χ1) is 20.2. The summed E-state index contributed by atoms with van der Waals surface area (Å²) in [6, 6.07) is 0. The Kier molecular flexibility index (Phi) is 14.6. The lowest BCUT2D eigenvalue weighted by atomic mass is 9.72. The molecule has 0 N–H and O–H groups in total. The minimum atomic E-state index is -2.48. The Morgan fingerprint density at radius 2 is 1.53 bits per heavy atom. The third-order valence-electron chi connectivity index (χ3n) is 7.42. The van der Waals surface area contributed by atoms with E-state index in [1.54, 1.807) is 6.08 Å². The van der Waals surface area contributed by atoms with Crippen molar-refractivity contribution in [1.29, 1.82) is 0 Å². The molecule has 0 bridgehead atoms. The molecule has 0 spiro atoms. The fourth-order valence-corrected chi connectivity index (χ4v) is 4.69. The molecule has 1 aliphatic carbocycles. The van der Waals surface area contributed by atoms with Crippen molar-refractivity contribution in [3.63, 3.8) is 0 Å². The molecule has 0 atom stereocenters. The Hall–Kier alpha value is -1.83. The fraction of sp³-hybridized carbons (Fsp3) is 0.694. The second-order valence-electron chi connectivity index (χ2n) is 11.6. The van der Waals surface area contributed by atoms with E-state index in [4.69, 9.17) is 11.6 Å². The standard InChI is InChI=1S/C36H60O2/c1-7-8-9-10-11-12-13-14-15-16-17-18-19-25-35(37)38-30-28-32(3)23-20-22-31(2)26-27-34-33(4)24-21-29-36(34,5)6/h20,22-23,26-28H,7-19,21,24-25,29-30H2,1-6H3/b23-20+,27-26+,31-22-,32-28+/i4D3,24D2. The topological polar surface area (TPSA) is 26.3 Å². The number of unbranched alkanes of at least 4 members (excludes halogenated alkanes) is 12.